The SMILES string of the molecule is c1ccc2c(-c3nc(-n4c5ccc6ccccc6c5c5ccc6ccccc6c54)nc4oc5ccccc5c34)cccc2c1.c1ccc2cc(-c3nc(-n4c5ccc6ccccc6c5c5ccc6ccccc6c54)nc4c3oc3ccccc34)ccc2c1.c1ccc2cc(-c3nc(-n4c5ccc6ccccc6c5c5ccc6ccccc6c54)nc4c3sc3ccccc34)ccc2c1. The van der Waals surface area contributed by atoms with Gasteiger partial charge in [-0.25, -0.2) is 24.9 Å². The molecular weight excluding hydrogens is 1630 g/mol. The molecule has 0 unspecified atom stereocenters. The zero-order valence-electron chi connectivity index (χ0n) is 70.6. The van der Waals surface area contributed by atoms with Crippen LogP contribution in [-0.4, -0.2) is 43.6 Å². The first-order valence-corrected chi connectivity index (χ1v) is 45.3. The van der Waals surface area contributed by atoms with Crippen LogP contribution < -0.4 is 0 Å². The summed E-state index contributed by atoms with van der Waals surface area (Å²) < 4.78 is 22.1. The smallest absolute Gasteiger partial charge is 0.238 e. The van der Waals surface area contributed by atoms with Crippen LogP contribution in [-0.2, 0) is 0 Å². The summed E-state index contributed by atoms with van der Waals surface area (Å²) in [6.07, 6.45) is 0. The molecule has 0 atom stereocenters. The number of benzene rings is 21. The van der Waals surface area contributed by atoms with Crippen molar-refractivity contribution in [2.75, 3.05) is 0 Å². The second-order valence-electron chi connectivity index (χ2n) is 34.2. The molecule has 30 rings (SSSR count). The van der Waals surface area contributed by atoms with E-state index in [0.717, 1.165) is 131 Å². The molecule has 0 saturated heterocycles. The Kier molecular flexibility index (Phi) is 16.2. The molecule has 0 aliphatic rings. The highest BCUT2D eigenvalue weighted by atomic mass is 32.1. The van der Waals surface area contributed by atoms with Crippen LogP contribution in [0.25, 0.3) is 278 Å². The third-order valence-electron chi connectivity index (χ3n) is 27.0. The highest BCUT2D eigenvalue weighted by Crippen LogP contribution is 2.49. The van der Waals surface area contributed by atoms with Gasteiger partial charge in [-0.2, -0.15) is 4.98 Å². The third kappa shape index (κ3) is 11.2. The highest BCUT2D eigenvalue weighted by molar-refractivity contribution is 7.26. The number of fused-ring (bicyclic) bond motifs is 33. The van der Waals surface area contributed by atoms with Crippen LogP contribution in [0.15, 0.2) is 427 Å². The average molecular weight is 1700 g/mol. The molecule has 0 saturated carbocycles. The Labute approximate surface area is 755 Å². The van der Waals surface area contributed by atoms with Gasteiger partial charge in [-0.15, -0.1) is 11.3 Å². The Bertz CT molecular complexity index is 9810. The molecule has 0 spiro atoms. The van der Waals surface area contributed by atoms with Gasteiger partial charge in [-0.1, -0.05) is 364 Å². The number of para-hydroxylation sites is 2. The maximum absolute atomic E-state index is 6.49. The van der Waals surface area contributed by atoms with Gasteiger partial charge in [-0.05, 0) is 135 Å². The van der Waals surface area contributed by atoms with E-state index < -0.39 is 0 Å². The summed E-state index contributed by atoms with van der Waals surface area (Å²) in [5.74, 6) is 1.90. The number of hydrogen-bond acceptors (Lipinski definition) is 9. The van der Waals surface area contributed by atoms with Crippen LogP contribution in [0.5, 0.6) is 0 Å². The molecule has 0 aliphatic carbocycles. The van der Waals surface area contributed by atoms with Crippen molar-refractivity contribution in [1.82, 2.24) is 43.6 Å². The molecule has 0 radical (unpaired) electrons. The fourth-order valence-corrected chi connectivity index (χ4v) is 22.2. The monoisotopic (exact) mass is 1700 g/mol. The maximum atomic E-state index is 6.49. The van der Waals surface area contributed by atoms with E-state index in [4.69, 9.17) is 38.7 Å². The first-order valence-electron chi connectivity index (χ1n) is 44.5. The second kappa shape index (κ2) is 29.0. The topological polar surface area (TPSA) is 118 Å². The summed E-state index contributed by atoms with van der Waals surface area (Å²) in [6, 6.07) is 148. The normalized spacial score (nSPS) is 12.1. The van der Waals surface area contributed by atoms with E-state index in [-0.39, 0.29) is 0 Å². The van der Waals surface area contributed by atoms with Gasteiger partial charge >= 0.3 is 0 Å². The van der Waals surface area contributed by atoms with Gasteiger partial charge in [0.25, 0.3) is 0 Å². The molecule has 0 N–H and O–H groups in total. The van der Waals surface area contributed by atoms with E-state index in [1.165, 1.54) is 118 Å². The molecule has 11 nitrogen and oxygen atoms in total. The predicted molar refractivity (Wildman–Crippen MR) is 550 cm³/mol. The van der Waals surface area contributed by atoms with Crippen molar-refractivity contribution in [3.05, 3.63) is 419 Å². The Morgan fingerprint density at radius 3 is 1.07 bits per heavy atom. The lowest BCUT2D eigenvalue weighted by Gasteiger charge is -2.12. The average Bonchev–Trinajstić information content (AvgIpc) is 1.56. The molecule has 612 valence electrons. The summed E-state index contributed by atoms with van der Waals surface area (Å²) in [6.45, 7) is 0. The fourth-order valence-electron chi connectivity index (χ4n) is 21.0. The van der Waals surface area contributed by atoms with E-state index in [9.17, 15) is 0 Å². The van der Waals surface area contributed by atoms with Crippen molar-refractivity contribution in [1.29, 1.82) is 0 Å². The number of aromatic nitrogens is 9. The molecule has 0 aliphatic heterocycles. The van der Waals surface area contributed by atoms with Gasteiger partial charge in [0.15, 0.2) is 5.58 Å². The number of furan rings is 2. The van der Waals surface area contributed by atoms with E-state index in [2.05, 4.69) is 396 Å². The number of hydrogen-bond donors (Lipinski definition) is 0. The van der Waals surface area contributed by atoms with Crippen LogP contribution >= 0.6 is 11.3 Å². The minimum Gasteiger partial charge on any atom is -0.452 e. The molecule has 132 heavy (non-hydrogen) atoms. The van der Waals surface area contributed by atoms with Crippen molar-refractivity contribution in [2.24, 2.45) is 0 Å². The summed E-state index contributed by atoms with van der Waals surface area (Å²) in [7, 11) is 0. The summed E-state index contributed by atoms with van der Waals surface area (Å²) in [5, 5.41) is 32.7. The Morgan fingerprint density at radius 1 is 0.212 bits per heavy atom. The number of rotatable bonds is 6. The molecule has 30 aromatic rings. The maximum Gasteiger partial charge on any atom is 0.238 e. The van der Waals surface area contributed by atoms with E-state index >= 15 is 0 Å². The lowest BCUT2D eigenvalue weighted by atomic mass is 9.99. The van der Waals surface area contributed by atoms with Crippen LogP contribution in [0.4, 0.5) is 0 Å². The first kappa shape index (κ1) is 73.6. The Balaban J connectivity index is 0.0000000991. The molecule has 0 fully saturated rings. The molecular formula is C120H69N9O2S. The van der Waals surface area contributed by atoms with Crippen LogP contribution in [0.3, 0.4) is 0 Å². The van der Waals surface area contributed by atoms with Gasteiger partial charge in [0.05, 0.1) is 60.1 Å². The van der Waals surface area contributed by atoms with Crippen molar-refractivity contribution in [3.8, 4) is 51.6 Å². The zero-order valence-corrected chi connectivity index (χ0v) is 71.4. The van der Waals surface area contributed by atoms with E-state index in [1.54, 1.807) is 11.3 Å². The van der Waals surface area contributed by atoms with Gasteiger partial charge < -0.3 is 8.83 Å². The minimum absolute atomic E-state index is 0.579. The molecule has 9 heterocycles. The lowest BCUT2D eigenvalue weighted by molar-refractivity contribution is 0.651. The predicted octanol–water partition coefficient (Wildman–Crippen LogP) is 32.3. The third-order valence-corrected chi connectivity index (χ3v) is 28.1. The number of thiophene rings is 1. The molecule has 0 bridgehead atoms. The molecule has 21 aromatic carbocycles. The minimum atomic E-state index is 0.579. The van der Waals surface area contributed by atoms with Gasteiger partial charge in [0, 0.05) is 86.0 Å². The lowest BCUT2D eigenvalue weighted by Crippen LogP contribution is -2.03. The fraction of sp³-hybridized carbons (Fsp3) is 0. The Morgan fingerprint density at radius 2 is 0.561 bits per heavy atom. The van der Waals surface area contributed by atoms with Gasteiger partial charge in [0.1, 0.15) is 22.4 Å². The van der Waals surface area contributed by atoms with Crippen LogP contribution in [0, 0.1) is 0 Å². The summed E-state index contributed by atoms with van der Waals surface area (Å²) in [4.78, 5) is 32.2. The van der Waals surface area contributed by atoms with E-state index in [1.807, 2.05) is 36.4 Å². The summed E-state index contributed by atoms with van der Waals surface area (Å²) >= 11 is 1.77. The van der Waals surface area contributed by atoms with Crippen LogP contribution in [0.1, 0.15) is 0 Å². The van der Waals surface area contributed by atoms with E-state index in [0.29, 0.717) is 29.1 Å². The van der Waals surface area contributed by atoms with Crippen molar-refractivity contribution >= 4 is 238 Å². The van der Waals surface area contributed by atoms with Crippen molar-refractivity contribution < 1.29 is 8.83 Å². The van der Waals surface area contributed by atoms with Crippen molar-refractivity contribution in [3.63, 3.8) is 0 Å². The first-order chi connectivity index (χ1) is 65.5. The zero-order chi connectivity index (χ0) is 86.3. The highest BCUT2D eigenvalue weighted by Gasteiger charge is 2.29. The standard InChI is InChI=1S/2C40H23N3O.C40H23N3S/c1-4-14-27-24(10-1)13-9-18-30(27)37-36-31-17-7-8-19-34(31)44-39(36)42-40(41-37)43-33-23-21-25-11-2-5-15-28(25)35(33)32-22-20-26-12-3-6-16-29(26)38(32)43;2*1-2-12-27-23-28(18-17-24(27)9-1)36-39-37(31-15-7-8-16-34(31)44-39)42-40(41-36)43-33-22-20-25-10-3-5-13-29(25)35(33)32-21-19-26-11-4-6-14-30(26)38(32)43/h3*1-23H. The molecule has 9 aromatic heterocycles. The Hall–Kier alpha value is -17.6. The largest absolute Gasteiger partial charge is 0.452 e. The van der Waals surface area contributed by atoms with Gasteiger partial charge in [-0.3, -0.25) is 13.7 Å². The summed E-state index contributed by atoms with van der Waals surface area (Å²) in [5.41, 5.74) is 17.0. The molecule has 0 amide bonds. The second-order valence-corrected chi connectivity index (χ2v) is 35.2. The van der Waals surface area contributed by atoms with Gasteiger partial charge in [0.2, 0.25) is 23.6 Å². The number of nitrogens with zero attached hydrogens (tertiary/aromatic N) is 9. The quantitative estimate of drug-likeness (QED) is 0.162. The van der Waals surface area contributed by atoms with Crippen LogP contribution in [0.2, 0.25) is 0 Å². The van der Waals surface area contributed by atoms with Crippen molar-refractivity contribution in [2.45, 2.75) is 0 Å². The molecule has 12 heteroatoms.